The highest BCUT2D eigenvalue weighted by molar-refractivity contribution is 6.52. The second-order valence-corrected chi connectivity index (χ2v) is 14.8. The molecule has 12 rings (SSSR count). The number of nitrogens with one attached hydrogen (secondary N) is 4. The van der Waals surface area contributed by atoms with Gasteiger partial charge in [-0.15, -0.1) is 0 Å². The van der Waals surface area contributed by atoms with Crippen molar-refractivity contribution in [1.29, 1.82) is 0 Å². The minimum atomic E-state index is 0.748. The molecule has 20 bridgehead atoms. The van der Waals surface area contributed by atoms with Gasteiger partial charge in [0, 0.05) is 99.2 Å². The third-order valence-electron chi connectivity index (χ3n) is 10.3. The topological polar surface area (TPSA) is 114 Å². The third-order valence-corrected chi connectivity index (χ3v) is 10.3. The molecule has 4 aromatic rings. The first-order valence-corrected chi connectivity index (χ1v) is 19.2. The number of hydrogen-bond acceptors (Lipinski definition) is 10. The number of aromatic nitrogens is 4. The van der Waals surface area contributed by atoms with E-state index in [0.29, 0.717) is 0 Å². The van der Waals surface area contributed by atoms with E-state index in [0.717, 1.165) is 92.3 Å². The van der Waals surface area contributed by atoms with Crippen LogP contribution in [0, 0.1) is 10.7 Å². The zero-order valence-electron chi connectivity index (χ0n) is 31.5. The molecule has 0 aliphatic carbocycles. The monoisotopic (exact) mass is 764 g/mol. The van der Waals surface area contributed by atoms with Gasteiger partial charge in [0.1, 0.15) is 0 Å². The number of aliphatic imine (C=N–C) groups is 2. The lowest BCUT2D eigenvalue weighted by atomic mass is 10.2. The molecule has 8 aliphatic heterocycles. The Labute approximate surface area is 332 Å². The van der Waals surface area contributed by atoms with Gasteiger partial charge in [0.15, 0.2) is 0 Å². The molecule has 4 aromatic heterocycles. The Hall–Kier alpha value is -8.00. The summed E-state index contributed by atoms with van der Waals surface area (Å²) >= 11 is 0. The lowest BCUT2D eigenvalue weighted by molar-refractivity contribution is 0.410. The van der Waals surface area contributed by atoms with Crippen LogP contribution in [0.5, 0.6) is 0 Å². The highest BCUT2D eigenvalue weighted by Crippen LogP contribution is 2.20. The van der Waals surface area contributed by atoms with Crippen LogP contribution in [0.3, 0.4) is 0 Å². The number of nitrogens with zero attached hydrogens (tertiary/aromatic N) is 10. The molecule has 14 heteroatoms. The second kappa shape index (κ2) is 13.9. The molecule has 4 N–H and O–H groups in total. The zero-order chi connectivity index (χ0) is 38.4. The number of hydrogen-bond donors (Lipinski definition) is 4. The van der Waals surface area contributed by atoms with Crippen molar-refractivity contribution in [3.8, 4) is 0 Å². The van der Waals surface area contributed by atoms with Crippen molar-refractivity contribution >= 4 is 48.6 Å². The molecular weight excluding hydrogens is 725 g/mol. The second-order valence-electron chi connectivity index (χ2n) is 14.8. The first kappa shape index (κ1) is 33.3. The summed E-state index contributed by atoms with van der Waals surface area (Å²) in [6.45, 7) is 3.05. The summed E-state index contributed by atoms with van der Waals surface area (Å²) < 4.78 is 0. The van der Waals surface area contributed by atoms with E-state index in [4.69, 9.17) is 9.98 Å². The Morgan fingerprint density at radius 2 is 0.586 bits per heavy atom. The van der Waals surface area contributed by atoms with Crippen LogP contribution < -0.4 is 32.1 Å². The van der Waals surface area contributed by atoms with Crippen LogP contribution in [0.1, 0.15) is 0 Å². The molecule has 0 radical (unpaired) electrons. The summed E-state index contributed by atoms with van der Waals surface area (Å²) in [6.07, 6.45) is 41.4. The first-order valence-electron chi connectivity index (χ1n) is 19.2. The van der Waals surface area contributed by atoms with Gasteiger partial charge in [0.05, 0.1) is 92.3 Å². The van der Waals surface area contributed by atoms with E-state index in [1.54, 1.807) is 0 Å². The Balaban J connectivity index is 0.000000133. The fourth-order valence-electron chi connectivity index (χ4n) is 7.53. The molecule has 0 saturated carbocycles. The van der Waals surface area contributed by atoms with E-state index < -0.39 is 0 Å². The van der Waals surface area contributed by atoms with Gasteiger partial charge in [-0.05, 0) is 72.8 Å². The molecule has 0 spiro atoms. The lowest BCUT2D eigenvalue weighted by Gasteiger charge is -2.14. The van der Waals surface area contributed by atoms with Gasteiger partial charge in [-0.25, -0.2) is 9.98 Å². The van der Waals surface area contributed by atoms with Gasteiger partial charge in [-0.2, -0.15) is 0 Å². The van der Waals surface area contributed by atoms with Gasteiger partial charge < -0.3 is 59.1 Å². The van der Waals surface area contributed by atoms with Crippen molar-refractivity contribution in [3.63, 3.8) is 0 Å². The van der Waals surface area contributed by atoms with Gasteiger partial charge in [0.25, 0.3) is 0 Å². The molecule has 12 heterocycles. The maximum absolute atomic E-state index is 4.73. The van der Waals surface area contributed by atoms with Gasteiger partial charge in [-0.3, -0.25) is 0 Å². The molecule has 0 atom stereocenters. The number of fused-ring (bicyclic) bond motifs is 19. The average molecular weight is 765 g/mol. The molecule has 14 nitrogen and oxygen atoms in total. The molecule has 0 fully saturated rings. The van der Waals surface area contributed by atoms with E-state index >= 15 is 0 Å². The third kappa shape index (κ3) is 7.12. The summed E-state index contributed by atoms with van der Waals surface area (Å²) in [5, 5.41) is 8.57. The van der Waals surface area contributed by atoms with Crippen LogP contribution in [0.15, 0.2) is 156 Å². The van der Waals surface area contributed by atoms with Gasteiger partial charge in [0.2, 0.25) is 0 Å². The van der Waals surface area contributed by atoms with E-state index in [9.17, 15) is 0 Å². The Kier molecular flexibility index (Phi) is 8.01. The van der Waals surface area contributed by atoms with E-state index in [2.05, 4.69) is 207 Å². The normalized spacial score (nSPS) is 21.7. The molecule has 58 heavy (non-hydrogen) atoms. The molecule has 0 amide bonds. The van der Waals surface area contributed by atoms with Crippen molar-refractivity contribution in [2.45, 2.75) is 0 Å². The smallest absolute Gasteiger partial charge is 0.0979 e. The highest BCUT2D eigenvalue weighted by Gasteiger charge is 2.17. The van der Waals surface area contributed by atoms with Crippen molar-refractivity contribution in [2.24, 2.45) is 9.98 Å². The summed E-state index contributed by atoms with van der Waals surface area (Å²) in [5.74, 6) is 0. The van der Waals surface area contributed by atoms with E-state index in [1.807, 2.05) is 24.3 Å². The lowest BCUT2D eigenvalue weighted by Crippen LogP contribution is -2.23. The van der Waals surface area contributed by atoms with Crippen LogP contribution in [-0.4, -0.2) is 97.2 Å². The maximum Gasteiger partial charge on any atom is 0.0979 e. The molecule has 0 saturated heterocycles. The summed E-state index contributed by atoms with van der Waals surface area (Å²) in [5.41, 5.74) is 3.64. The van der Waals surface area contributed by atoms with Crippen LogP contribution in [0.25, 0.3) is 37.2 Å². The number of allylic oxidation sites excluding steroid dienone is 4. The minimum absolute atomic E-state index is 0.748. The van der Waals surface area contributed by atoms with Crippen molar-refractivity contribution < 1.29 is 0 Å². The van der Waals surface area contributed by atoms with Gasteiger partial charge in [-0.1, -0.05) is 0 Å². The average Bonchev–Trinajstić information content (AvgIpc) is 4.05. The van der Waals surface area contributed by atoms with Crippen molar-refractivity contribution in [3.05, 3.63) is 189 Å². The summed E-state index contributed by atoms with van der Waals surface area (Å²) in [6, 6.07) is 16.8. The molecule has 0 aromatic carbocycles. The minimum Gasteiger partial charge on any atom is -0.353 e. The largest absolute Gasteiger partial charge is 0.353 e. The maximum atomic E-state index is 4.73. The molecule has 0 unspecified atom stereocenters. The fourth-order valence-corrected chi connectivity index (χ4v) is 7.53. The zero-order valence-corrected chi connectivity index (χ0v) is 31.5. The van der Waals surface area contributed by atoms with Gasteiger partial charge >= 0.3 is 0 Å². The SMILES string of the molecule is C1=CC2=NC1=CN1C=CN(C=c3ccc([nH]3)=CN3C=CN(C=C4C=CC2=N4)C3)C1.C1=CN2/C=c3/cc/c([nH]3)=c3\cc/c([nH]3)=C/N3C=CN(/C=c4/ccc([nH]4)=CN1C2)C3. The number of rotatable bonds is 0. The Morgan fingerprint density at radius 1 is 0.310 bits per heavy atom. The number of aromatic amines is 4. The fraction of sp³-hybridized carbons (Fsp3) is 0.0909. The molecular formula is C44H40N14. The Bertz CT molecular complexity index is 2900. The van der Waals surface area contributed by atoms with Crippen LogP contribution in [0.4, 0.5) is 0 Å². The first-order chi connectivity index (χ1) is 28.5. The molecule has 286 valence electrons. The van der Waals surface area contributed by atoms with E-state index in [1.165, 1.54) is 0 Å². The standard InChI is InChI=1S/C22H21N7.C22H19N7/c2*1-2-18-12-27-8-10-29(16-27)14-20-4-6-22(25-20)21-5-3-19(24-21)13-28-9-7-26(15-28)11-17(1)23-18/h1-14,23-25H,15-16H2;1-14,23H,15-16H2/b17-11-,18-12?,19-13-,20-14-,22-21-;. The quantitative estimate of drug-likeness (QED) is 0.210. The Morgan fingerprint density at radius 3 is 0.914 bits per heavy atom. The van der Waals surface area contributed by atoms with Crippen LogP contribution in [-0.2, 0) is 0 Å². The highest BCUT2D eigenvalue weighted by atomic mass is 15.3. The number of H-pyrrole nitrogens is 4. The van der Waals surface area contributed by atoms with Crippen molar-refractivity contribution in [2.75, 3.05) is 26.7 Å². The molecule has 8 aliphatic rings. The van der Waals surface area contributed by atoms with Crippen LogP contribution in [0.2, 0.25) is 0 Å². The van der Waals surface area contributed by atoms with Crippen molar-refractivity contribution in [1.82, 2.24) is 59.1 Å². The predicted octanol–water partition coefficient (Wildman–Crippen LogP) is 1.02. The van der Waals surface area contributed by atoms with Crippen LogP contribution >= 0.6 is 0 Å². The summed E-state index contributed by atoms with van der Waals surface area (Å²) in [7, 11) is 0. The predicted molar refractivity (Wildman–Crippen MR) is 225 cm³/mol. The summed E-state index contributed by atoms with van der Waals surface area (Å²) in [4.78, 5) is 40.5. The van der Waals surface area contributed by atoms with E-state index in [-0.39, 0.29) is 0 Å².